The highest BCUT2D eigenvalue weighted by Gasteiger charge is 2.24. The molecule has 1 aromatic rings. The van der Waals surface area contributed by atoms with Gasteiger partial charge in [0.05, 0.1) is 13.2 Å². The molecular weight excluding hydrogens is 445 g/mol. The van der Waals surface area contributed by atoms with Gasteiger partial charge in [0.2, 0.25) is 5.91 Å². The first-order chi connectivity index (χ1) is 12.1. The molecule has 1 aromatic heterocycles. The fourth-order valence-corrected chi connectivity index (χ4v) is 2.90. The molecule has 2 N–H and O–H groups in total. The van der Waals surface area contributed by atoms with Crippen LogP contribution in [0.3, 0.4) is 0 Å². The van der Waals surface area contributed by atoms with Crippen LogP contribution in [0.2, 0.25) is 0 Å². The standard InChI is InChI=1S/C18H29N5O2.HI/c1-4-19-18(23-11-9-15(12-23)13-25-3)20-10-8-17(24)22-16-7-5-6-14(2)21-16;/h5-7,15H,4,8-13H2,1-3H3,(H,19,20)(H,21,22,24);1H. The number of amides is 1. The van der Waals surface area contributed by atoms with Gasteiger partial charge in [-0.05, 0) is 32.4 Å². The first-order valence-corrected chi connectivity index (χ1v) is 8.88. The van der Waals surface area contributed by atoms with Crippen LogP contribution < -0.4 is 10.6 Å². The SMILES string of the molecule is CCNC(=NCCC(=O)Nc1cccc(C)n1)N1CCC(COC)C1.I. The number of aryl methyl sites for hydroxylation is 1. The quantitative estimate of drug-likeness (QED) is 0.360. The Balaban J connectivity index is 0.00000338. The van der Waals surface area contributed by atoms with Gasteiger partial charge < -0.3 is 20.3 Å². The topological polar surface area (TPSA) is 78.8 Å². The first kappa shape index (κ1) is 22.6. The fourth-order valence-electron chi connectivity index (χ4n) is 2.90. The van der Waals surface area contributed by atoms with E-state index >= 15 is 0 Å². The van der Waals surface area contributed by atoms with Gasteiger partial charge in [-0.1, -0.05) is 6.07 Å². The Morgan fingerprint density at radius 2 is 2.27 bits per heavy atom. The molecule has 1 saturated heterocycles. The Labute approximate surface area is 173 Å². The number of likely N-dealkylation sites (tertiary alicyclic amines) is 1. The van der Waals surface area contributed by atoms with E-state index in [1.807, 2.05) is 26.0 Å². The lowest BCUT2D eigenvalue weighted by Crippen LogP contribution is -2.40. The van der Waals surface area contributed by atoms with Crippen LogP contribution in [0.15, 0.2) is 23.2 Å². The summed E-state index contributed by atoms with van der Waals surface area (Å²) in [6, 6.07) is 5.57. The maximum Gasteiger partial charge on any atom is 0.227 e. The van der Waals surface area contributed by atoms with Gasteiger partial charge in [0.15, 0.2) is 5.96 Å². The summed E-state index contributed by atoms with van der Waals surface area (Å²) in [5.41, 5.74) is 0.880. The number of rotatable bonds is 7. The Hall–Kier alpha value is -1.42. The van der Waals surface area contributed by atoms with Crippen LogP contribution in [-0.4, -0.2) is 61.6 Å². The van der Waals surface area contributed by atoms with Crippen LogP contribution in [0.4, 0.5) is 5.82 Å². The van der Waals surface area contributed by atoms with Crippen molar-refractivity contribution < 1.29 is 9.53 Å². The monoisotopic (exact) mass is 475 g/mol. The highest BCUT2D eigenvalue weighted by molar-refractivity contribution is 14.0. The first-order valence-electron chi connectivity index (χ1n) is 8.88. The van der Waals surface area contributed by atoms with Crippen LogP contribution in [0.5, 0.6) is 0 Å². The number of ether oxygens (including phenoxy) is 1. The Morgan fingerprint density at radius 3 is 2.96 bits per heavy atom. The highest BCUT2D eigenvalue weighted by Crippen LogP contribution is 2.16. The molecule has 0 aromatic carbocycles. The van der Waals surface area contributed by atoms with Gasteiger partial charge in [0.1, 0.15) is 5.82 Å². The molecule has 0 bridgehead atoms. The molecule has 1 unspecified atom stereocenters. The molecule has 146 valence electrons. The predicted molar refractivity (Wildman–Crippen MR) is 115 cm³/mol. The molecule has 7 nitrogen and oxygen atoms in total. The second kappa shape index (κ2) is 12.1. The van der Waals surface area contributed by atoms with Crippen LogP contribution in [0, 0.1) is 12.8 Å². The number of guanidine groups is 1. The van der Waals surface area contributed by atoms with Gasteiger partial charge >= 0.3 is 0 Å². The average Bonchev–Trinajstić information content (AvgIpc) is 3.03. The Kier molecular flexibility index (Phi) is 10.5. The minimum absolute atomic E-state index is 0. The zero-order chi connectivity index (χ0) is 18.1. The van der Waals surface area contributed by atoms with E-state index in [-0.39, 0.29) is 29.9 Å². The summed E-state index contributed by atoms with van der Waals surface area (Å²) < 4.78 is 5.25. The van der Waals surface area contributed by atoms with Gasteiger partial charge in [0.25, 0.3) is 0 Å². The second-order valence-corrected chi connectivity index (χ2v) is 6.25. The van der Waals surface area contributed by atoms with Crippen LogP contribution in [-0.2, 0) is 9.53 Å². The zero-order valence-electron chi connectivity index (χ0n) is 15.8. The number of anilines is 1. The van der Waals surface area contributed by atoms with Gasteiger partial charge in [-0.15, -0.1) is 24.0 Å². The minimum Gasteiger partial charge on any atom is -0.384 e. The summed E-state index contributed by atoms with van der Waals surface area (Å²) in [5, 5.41) is 6.12. The summed E-state index contributed by atoms with van der Waals surface area (Å²) in [6.07, 6.45) is 1.44. The van der Waals surface area contributed by atoms with Crippen molar-refractivity contribution in [3.05, 3.63) is 23.9 Å². The molecule has 0 spiro atoms. The normalized spacial score (nSPS) is 17.0. The number of carbonyl (C=O) groups excluding carboxylic acids is 1. The molecule has 1 amide bonds. The van der Waals surface area contributed by atoms with Crippen LogP contribution in [0.25, 0.3) is 0 Å². The van der Waals surface area contributed by atoms with Crippen molar-refractivity contribution in [2.75, 3.05) is 45.2 Å². The third-order valence-corrected chi connectivity index (χ3v) is 4.08. The lowest BCUT2D eigenvalue weighted by molar-refractivity contribution is -0.116. The van der Waals surface area contributed by atoms with E-state index in [4.69, 9.17) is 4.74 Å². The number of pyridine rings is 1. The van der Waals surface area contributed by atoms with Crippen molar-refractivity contribution in [3.8, 4) is 0 Å². The molecule has 2 heterocycles. The van der Waals surface area contributed by atoms with E-state index in [0.717, 1.165) is 44.3 Å². The molecule has 1 atom stereocenters. The largest absolute Gasteiger partial charge is 0.384 e. The van der Waals surface area contributed by atoms with Gasteiger partial charge in [0, 0.05) is 44.8 Å². The summed E-state index contributed by atoms with van der Waals surface area (Å²) in [6.45, 7) is 7.90. The Morgan fingerprint density at radius 1 is 1.46 bits per heavy atom. The Bertz CT molecular complexity index is 597. The smallest absolute Gasteiger partial charge is 0.227 e. The third kappa shape index (κ3) is 7.45. The number of methoxy groups -OCH3 is 1. The van der Waals surface area contributed by atoms with Gasteiger partial charge in [-0.25, -0.2) is 4.98 Å². The van der Waals surface area contributed by atoms with Crippen LogP contribution in [0.1, 0.15) is 25.5 Å². The minimum atomic E-state index is -0.0728. The van der Waals surface area contributed by atoms with Crippen molar-refractivity contribution in [3.63, 3.8) is 0 Å². The van der Waals surface area contributed by atoms with E-state index in [0.29, 0.717) is 24.7 Å². The molecule has 0 radical (unpaired) electrons. The van der Waals surface area contributed by atoms with Crippen molar-refractivity contribution in [2.45, 2.75) is 26.7 Å². The van der Waals surface area contributed by atoms with Gasteiger partial charge in [-0.3, -0.25) is 9.79 Å². The molecule has 8 heteroatoms. The number of hydrogen-bond donors (Lipinski definition) is 2. The summed E-state index contributed by atoms with van der Waals surface area (Å²) >= 11 is 0. The van der Waals surface area contributed by atoms with Crippen LogP contribution >= 0.6 is 24.0 Å². The van der Waals surface area contributed by atoms with E-state index in [9.17, 15) is 4.79 Å². The van der Waals surface area contributed by atoms with E-state index < -0.39 is 0 Å². The summed E-state index contributed by atoms with van der Waals surface area (Å²) in [7, 11) is 1.74. The number of nitrogens with one attached hydrogen (secondary N) is 2. The molecule has 2 rings (SSSR count). The number of hydrogen-bond acceptors (Lipinski definition) is 4. The number of halogens is 1. The number of nitrogens with zero attached hydrogens (tertiary/aromatic N) is 3. The van der Waals surface area contributed by atoms with Crippen molar-refractivity contribution >= 4 is 41.7 Å². The average molecular weight is 475 g/mol. The molecule has 1 aliphatic rings. The van der Waals surface area contributed by atoms with E-state index in [2.05, 4.69) is 25.5 Å². The molecule has 1 fully saturated rings. The zero-order valence-corrected chi connectivity index (χ0v) is 18.2. The third-order valence-electron chi connectivity index (χ3n) is 4.08. The maximum absolute atomic E-state index is 12.1. The lowest BCUT2D eigenvalue weighted by Gasteiger charge is -2.21. The number of aromatic nitrogens is 1. The highest BCUT2D eigenvalue weighted by atomic mass is 127. The predicted octanol–water partition coefficient (Wildman–Crippen LogP) is 2.27. The second-order valence-electron chi connectivity index (χ2n) is 6.25. The lowest BCUT2D eigenvalue weighted by atomic mass is 10.1. The number of carbonyl (C=O) groups is 1. The van der Waals surface area contributed by atoms with E-state index in [1.165, 1.54) is 0 Å². The molecule has 1 aliphatic heterocycles. The molecule has 0 aliphatic carbocycles. The van der Waals surface area contributed by atoms with Gasteiger partial charge in [-0.2, -0.15) is 0 Å². The van der Waals surface area contributed by atoms with Crippen molar-refractivity contribution in [1.82, 2.24) is 15.2 Å². The summed E-state index contributed by atoms with van der Waals surface area (Å²) in [5.74, 6) is 1.94. The summed E-state index contributed by atoms with van der Waals surface area (Å²) in [4.78, 5) is 23.2. The maximum atomic E-state index is 12.1. The molecule has 0 saturated carbocycles. The molecule has 26 heavy (non-hydrogen) atoms. The number of aliphatic imine (C=N–C) groups is 1. The molecular formula is C18H30IN5O2. The fraction of sp³-hybridized carbons (Fsp3) is 0.611. The van der Waals surface area contributed by atoms with E-state index in [1.54, 1.807) is 13.2 Å². The van der Waals surface area contributed by atoms with Crippen molar-refractivity contribution in [1.29, 1.82) is 0 Å². The van der Waals surface area contributed by atoms with Crippen molar-refractivity contribution in [2.24, 2.45) is 10.9 Å².